The highest BCUT2D eigenvalue weighted by Crippen LogP contribution is 2.16. The van der Waals surface area contributed by atoms with Crippen molar-refractivity contribution < 1.29 is 14.4 Å². The van der Waals surface area contributed by atoms with E-state index in [9.17, 15) is 14.4 Å². The Bertz CT molecular complexity index is 737. The molecule has 0 aliphatic heterocycles. The number of pyridine rings is 1. The maximum absolute atomic E-state index is 12.5. The van der Waals surface area contributed by atoms with Crippen LogP contribution >= 0.6 is 0 Å². The molecule has 0 bridgehead atoms. The quantitative estimate of drug-likeness (QED) is 0.810. The summed E-state index contributed by atoms with van der Waals surface area (Å²) in [5.74, 6) is -1.03. The molecule has 0 aliphatic carbocycles. The van der Waals surface area contributed by atoms with Crippen molar-refractivity contribution in [2.45, 2.75) is 32.2 Å². The molecule has 0 aliphatic rings. The number of para-hydroxylation sites is 1. The lowest BCUT2D eigenvalue weighted by Gasteiger charge is -2.15. The number of carbonyl (C=O) groups is 3. The molecule has 3 N–H and O–H groups in total. The van der Waals surface area contributed by atoms with Crippen LogP contribution < -0.4 is 11.1 Å². The number of amides is 2. The van der Waals surface area contributed by atoms with Crippen LogP contribution in [-0.4, -0.2) is 28.6 Å². The summed E-state index contributed by atoms with van der Waals surface area (Å²) in [6, 6.07) is 7.96. The number of rotatable bonds is 7. The van der Waals surface area contributed by atoms with E-state index in [-0.39, 0.29) is 18.6 Å². The molecule has 0 fully saturated rings. The smallest absolute Gasteiger partial charge is 0.252 e. The molecule has 2 amide bonds. The molecule has 2 aromatic rings. The molecule has 23 heavy (non-hydrogen) atoms. The topological polar surface area (TPSA) is 102 Å². The highest BCUT2D eigenvalue weighted by atomic mass is 16.2. The summed E-state index contributed by atoms with van der Waals surface area (Å²) in [6.45, 7) is 1.75. The van der Waals surface area contributed by atoms with Crippen molar-refractivity contribution in [2.75, 3.05) is 0 Å². The van der Waals surface area contributed by atoms with Crippen molar-refractivity contribution in [3.8, 4) is 0 Å². The summed E-state index contributed by atoms with van der Waals surface area (Å²) in [6.07, 6.45) is 2.35. The summed E-state index contributed by atoms with van der Waals surface area (Å²) in [4.78, 5) is 39.6. The number of fused-ring (bicyclic) bond motifs is 1. The zero-order valence-corrected chi connectivity index (χ0v) is 12.9. The molecular weight excluding hydrogens is 294 g/mol. The number of benzene rings is 1. The largest absolute Gasteiger partial charge is 0.368 e. The molecule has 6 heteroatoms. The van der Waals surface area contributed by atoms with Gasteiger partial charge >= 0.3 is 0 Å². The molecule has 1 atom stereocenters. The third kappa shape index (κ3) is 4.12. The van der Waals surface area contributed by atoms with E-state index in [4.69, 9.17) is 5.73 Å². The maximum atomic E-state index is 12.5. The lowest BCUT2D eigenvalue weighted by atomic mass is 10.0. The summed E-state index contributed by atoms with van der Waals surface area (Å²) in [5.41, 5.74) is 6.44. The molecule has 0 unspecified atom stereocenters. The third-order valence-corrected chi connectivity index (χ3v) is 3.65. The third-order valence-electron chi connectivity index (χ3n) is 3.65. The van der Waals surface area contributed by atoms with Crippen LogP contribution in [0.1, 0.15) is 36.5 Å². The van der Waals surface area contributed by atoms with Gasteiger partial charge < -0.3 is 11.1 Å². The van der Waals surface area contributed by atoms with E-state index in [0.717, 1.165) is 0 Å². The van der Waals surface area contributed by atoms with E-state index >= 15 is 0 Å². The standard InChI is InChI=1S/C17H19N3O3/c1-2-11(21)7-8-15(16(18)22)20-17(23)13-9-10-19-14-6-4-3-5-12(13)14/h3-6,9-10,15H,2,7-8H2,1H3,(H2,18,22)(H,20,23)/t15-/m1/s1. The minimum absolute atomic E-state index is 0.0276. The minimum Gasteiger partial charge on any atom is -0.368 e. The molecule has 6 nitrogen and oxygen atoms in total. The van der Waals surface area contributed by atoms with Crippen molar-refractivity contribution in [1.29, 1.82) is 0 Å². The fourth-order valence-electron chi connectivity index (χ4n) is 2.30. The van der Waals surface area contributed by atoms with Crippen LogP contribution in [0.5, 0.6) is 0 Å². The van der Waals surface area contributed by atoms with Crippen LogP contribution in [0.25, 0.3) is 10.9 Å². The SMILES string of the molecule is CCC(=O)CC[C@@H](NC(=O)c1ccnc2ccccc12)C(N)=O. The Morgan fingerprint density at radius 1 is 1.22 bits per heavy atom. The Hall–Kier alpha value is -2.76. The maximum Gasteiger partial charge on any atom is 0.252 e. The van der Waals surface area contributed by atoms with E-state index in [1.807, 2.05) is 12.1 Å². The fraction of sp³-hybridized carbons (Fsp3) is 0.294. The van der Waals surface area contributed by atoms with Gasteiger partial charge in [0.05, 0.1) is 11.1 Å². The zero-order valence-electron chi connectivity index (χ0n) is 12.9. The summed E-state index contributed by atoms with van der Waals surface area (Å²) in [5, 5.41) is 3.31. The van der Waals surface area contributed by atoms with Gasteiger partial charge in [0, 0.05) is 24.4 Å². The Labute approximate surface area is 134 Å². The highest BCUT2D eigenvalue weighted by Gasteiger charge is 2.20. The molecule has 1 aromatic heterocycles. The minimum atomic E-state index is -0.870. The second-order valence-corrected chi connectivity index (χ2v) is 5.23. The van der Waals surface area contributed by atoms with Crippen LogP contribution in [0.15, 0.2) is 36.5 Å². The van der Waals surface area contributed by atoms with Crippen molar-refractivity contribution >= 4 is 28.5 Å². The van der Waals surface area contributed by atoms with Gasteiger partial charge in [-0.15, -0.1) is 0 Å². The molecular formula is C17H19N3O3. The second-order valence-electron chi connectivity index (χ2n) is 5.23. The first-order valence-electron chi connectivity index (χ1n) is 7.48. The van der Waals surface area contributed by atoms with Gasteiger partial charge in [-0.1, -0.05) is 25.1 Å². The van der Waals surface area contributed by atoms with Gasteiger partial charge in [-0.2, -0.15) is 0 Å². The van der Waals surface area contributed by atoms with Crippen molar-refractivity contribution in [3.63, 3.8) is 0 Å². The van der Waals surface area contributed by atoms with Gasteiger partial charge in [0.2, 0.25) is 5.91 Å². The van der Waals surface area contributed by atoms with Gasteiger partial charge in [-0.3, -0.25) is 19.4 Å². The van der Waals surface area contributed by atoms with E-state index < -0.39 is 17.9 Å². The first kappa shape index (κ1) is 16.6. The Morgan fingerprint density at radius 3 is 2.65 bits per heavy atom. The molecule has 0 saturated heterocycles. The van der Waals surface area contributed by atoms with Crippen LogP contribution in [0.4, 0.5) is 0 Å². The van der Waals surface area contributed by atoms with Gasteiger partial charge in [-0.25, -0.2) is 0 Å². The Kier molecular flexibility index (Phi) is 5.41. The number of primary amides is 1. The van der Waals surface area contributed by atoms with Gasteiger partial charge in [0.1, 0.15) is 11.8 Å². The van der Waals surface area contributed by atoms with Gasteiger partial charge in [0.25, 0.3) is 5.91 Å². The zero-order chi connectivity index (χ0) is 16.8. The lowest BCUT2D eigenvalue weighted by molar-refractivity contribution is -0.121. The van der Waals surface area contributed by atoms with E-state index in [1.165, 1.54) is 6.20 Å². The summed E-state index contributed by atoms with van der Waals surface area (Å²) < 4.78 is 0. The van der Waals surface area contributed by atoms with E-state index in [1.54, 1.807) is 25.1 Å². The molecule has 1 aromatic carbocycles. The number of nitrogens with two attached hydrogens (primary N) is 1. The number of hydrogen-bond donors (Lipinski definition) is 2. The average molecular weight is 313 g/mol. The number of aromatic nitrogens is 1. The van der Waals surface area contributed by atoms with Crippen molar-refractivity contribution in [3.05, 3.63) is 42.1 Å². The number of nitrogens with one attached hydrogen (secondary N) is 1. The first-order valence-corrected chi connectivity index (χ1v) is 7.48. The Balaban J connectivity index is 2.17. The van der Waals surface area contributed by atoms with Crippen molar-refractivity contribution in [2.24, 2.45) is 5.73 Å². The van der Waals surface area contributed by atoms with Crippen LogP contribution in [-0.2, 0) is 9.59 Å². The fourth-order valence-corrected chi connectivity index (χ4v) is 2.30. The molecule has 0 radical (unpaired) electrons. The Morgan fingerprint density at radius 2 is 1.96 bits per heavy atom. The second kappa shape index (κ2) is 7.49. The summed E-state index contributed by atoms with van der Waals surface area (Å²) >= 11 is 0. The number of Topliss-reactive ketones (excluding diaryl/α,β-unsaturated/α-hetero) is 1. The summed E-state index contributed by atoms with van der Waals surface area (Å²) in [7, 11) is 0. The predicted molar refractivity (Wildman–Crippen MR) is 86.7 cm³/mol. The number of ketones is 1. The van der Waals surface area contributed by atoms with E-state index in [0.29, 0.717) is 22.9 Å². The normalized spacial score (nSPS) is 11.9. The van der Waals surface area contributed by atoms with Gasteiger partial charge in [0.15, 0.2) is 0 Å². The monoisotopic (exact) mass is 313 g/mol. The molecule has 1 heterocycles. The van der Waals surface area contributed by atoms with Crippen LogP contribution in [0, 0.1) is 0 Å². The molecule has 120 valence electrons. The molecule has 0 saturated carbocycles. The number of carbonyl (C=O) groups excluding carboxylic acids is 3. The lowest BCUT2D eigenvalue weighted by Crippen LogP contribution is -2.44. The van der Waals surface area contributed by atoms with E-state index in [2.05, 4.69) is 10.3 Å². The molecule has 2 rings (SSSR count). The number of hydrogen-bond acceptors (Lipinski definition) is 4. The average Bonchev–Trinajstić information content (AvgIpc) is 2.57. The van der Waals surface area contributed by atoms with Gasteiger partial charge in [-0.05, 0) is 18.6 Å². The van der Waals surface area contributed by atoms with Crippen LogP contribution in [0.2, 0.25) is 0 Å². The number of nitrogens with zero attached hydrogens (tertiary/aromatic N) is 1. The predicted octanol–water partition coefficient (Wildman–Crippen LogP) is 1.58. The van der Waals surface area contributed by atoms with Crippen LogP contribution in [0.3, 0.4) is 0 Å². The highest BCUT2D eigenvalue weighted by molar-refractivity contribution is 6.07. The molecule has 0 spiro atoms. The van der Waals surface area contributed by atoms with Crippen molar-refractivity contribution in [1.82, 2.24) is 10.3 Å². The first-order chi connectivity index (χ1) is 11.0.